The van der Waals surface area contributed by atoms with Crippen LogP contribution in [0.25, 0.3) is 0 Å². The first-order valence-corrected chi connectivity index (χ1v) is 12.4. The largest absolute Gasteiger partial charge is 0.335 e. The van der Waals surface area contributed by atoms with Gasteiger partial charge in [-0.2, -0.15) is 0 Å². The first-order chi connectivity index (χ1) is 12.4. The summed E-state index contributed by atoms with van der Waals surface area (Å²) in [6.45, 7) is 4.12. The van der Waals surface area contributed by atoms with Crippen molar-refractivity contribution >= 4 is 27.5 Å². The topological polar surface area (TPSA) is 54.5 Å². The molecule has 1 atom stereocenters. The van der Waals surface area contributed by atoms with Gasteiger partial charge in [0.1, 0.15) is 0 Å². The number of thioether (sulfide) groups is 1. The molecule has 1 heterocycles. The number of hydrogen-bond donors (Lipinski definition) is 0. The van der Waals surface area contributed by atoms with E-state index in [1.54, 1.807) is 11.8 Å². The van der Waals surface area contributed by atoms with E-state index >= 15 is 0 Å². The van der Waals surface area contributed by atoms with Gasteiger partial charge in [0.25, 0.3) is 0 Å². The Morgan fingerprint density at radius 1 is 1.12 bits per heavy atom. The second-order valence-corrected chi connectivity index (χ2v) is 11.0. The second kappa shape index (κ2) is 8.34. The van der Waals surface area contributed by atoms with Crippen LogP contribution in [0.15, 0.2) is 23.1 Å². The van der Waals surface area contributed by atoms with Crippen LogP contribution in [0.4, 0.5) is 0 Å². The molecule has 1 aromatic carbocycles. The van der Waals surface area contributed by atoms with Gasteiger partial charge in [0.15, 0.2) is 9.84 Å². The van der Waals surface area contributed by atoms with E-state index in [2.05, 4.69) is 32.0 Å². The average molecular weight is 396 g/mol. The molecule has 0 aromatic heterocycles. The predicted molar refractivity (Wildman–Crippen MR) is 107 cm³/mol. The Labute approximate surface area is 161 Å². The highest BCUT2D eigenvalue weighted by atomic mass is 32.2. The molecule has 0 N–H and O–H groups in total. The molecular weight excluding hydrogens is 366 g/mol. The van der Waals surface area contributed by atoms with E-state index < -0.39 is 9.84 Å². The molecule has 0 spiro atoms. The molecule has 3 rings (SSSR count). The first-order valence-electron chi connectivity index (χ1n) is 9.57. The minimum atomic E-state index is -2.99. The fourth-order valence-corrected chi connectivity index (χ4v) is 6.84. The van der Waals surface area contributed by atoms with Gasteiger partial charge in [-0.1, -0.05) is 37.0 Å². The molecule has 1 saturated carbocycles. The number of aryl methyl sites for hydroxylation is 2. The summed E-state index contributed by atoms with van der Waals surface area (Å²) in [7, 11) is -2.99. The normalized spacial score (nSPS) is 23.1. The lowest BCUT2D eigenvalue weighted by Gasteiger charge is -2.38. The Balaban J connectivity index is 1.73. The standard InChI is InChI=1S/C20H29NO3S2/c1-15-8-9-16(2)19(12-15)25-13-20(22)21(17-6-4-3-5-7-17)18-10-11-26(23,24)14-18/h8-9,12,17-18H,3-7,10-11,13-14H2,1-2H3/t18-/m0/s1. The van der Waals surface area contributed by atoms with Crippen molar-refractivity contribution in [3.05, 3.63) is 29.3 Å². The fourth-order valence-electron chi connectivity index (χ4n) is 4.14. The van der Waals surface area contributed by atoms with Crippen molar-refractivity contribution in [2.75, 3.05) is 17.3 Å². The van der Waals surface area contributed by atoms with Crippen LogP contribution in [0.1, 0.15) is 49.7 Å². The molecule has 1 saturated heterocycles. The summed E-state index contributed by atoms with van der Waals surface area (Å²) >= 11 is 1.58. The zero-order valence-electron chi connectivity index (χ0n) is 15.7. The highest BCUT2D eigenvalue weighted by molar-refractivity contribution is 8.00. The molecule has 0 unspecified atom stereocenters. The van der Waals surface area contributed by atoms with Crippen LogP contribution in [-0.4, -0.2) is 48.6 Å². The third-order valence-corrected chi connectivity index (χ3v) is 8.45. The van der Waals surface area contributed by atoms with E-state index in [9.17, 15) is 13.2 Å². The Bertz CT molecular complexity index is 754. The van der Waals surface area contributed by atoms with Crippen LogP contribution < -0.4 is 0 Å². The van der Waals surface area contributed by atoms with Crippen LogP contribution in [-0.2, 0) is 14.6 Å². The number of carbonyl (C=O) groups is 1. The summed E-state index contributed by atoms with van der Waals surface area (Å²) in [4.78, 5) is 16.2. The molecule has 2 aliphatic rings. The van der Waals surface area contributed by atoms with Crippen molar-refractivity contribution in [2.45, 2.75) is 69.4 Å². The molecule has 4 nitrogen and oxygen atoms in total. The number of carbonyl (C=O) groups excluding carboxylic acids is 1. The lowest BCUT2D eigenvalue weighted by molar-refractivity contribution is -0.133. The molecule has 1 amide bonds. The van der Waals surface area contributed by atoms with Gasteiger partial charge in [0.2, 0.25) is 5.91 Å². The van der Waals surface area contributed by atoms with Gasteiger partial charge in [-0.05, 0) is 44.7 Å². The number of amides is 1. The van der Waals surface area contributed by atoms with Gasteiger partial charge in [0, 0.05) is 17.0 Å². The zero-order valence-corrected chi connectivity index (χ0v) is 17.4. The molecule has 1 aliphatic heterocycles. The second-order valence-electron chi connectivity index (χ2n) is 7.71. The quantitative estimate of drug-likeness (QED) is 0.713. The van der Waals surface area contributed by atoms with Crippen molar-refractivity contribution in [3.63, 3.8) is 0 Å². The van der Waals surface area contributed by atoms with E-state index in [0.29, 0.717) is 12.2 Å². The first kappa shape index (κ1) is 19.7. The number of sulfone groups is 1. The summed E-state index contributed by atoms with van der Waals surface area (Å²) in [6.07, 6.45) is 6.11. The predicted octanol–water partition coefficient (Wildman–Crippen LogP) is 3.74. The third-order valence-electron chi connectivity index (χ3n) is 5.55. The molecule has 2 fully saturated rings. The van der Waals surface area contributed by atoms with Gasteiger partial charge in [0.05, 0.1) is 17.3 Å². The van der Waals surface area contributed by atoms with Gasteiger partial charge in [-0.3, -0.25) is 4.79 Å². The fraction of sp³-hybridized carbons (Fsp3) is 0.650. The van der Waals surface area contributed by atoms with Gasteiger partial charge >= 0.3 is 0 Å². The van der Waals surface area contributed by atoms with E-state index in [0.717, 1.165) is 30.6 Å². The summed E-state index contributed by atoms with van der Waals surface area (Å²) in [5.74, 6) is 0.851. The maximum atomic E-state index is 13.1. The Kier molecular flexibility index (Phi) is 6.33. The molecule has 26 heavy (non-hydrogen) atoms. The Morgan fingerprint density at radius 2 is 1.85 bits per heavy atom. The third kappa shape index (κ3) is 4.83. The van der Waals surface area contributed by atoms with Crippen LogP contribution in [0, 0.1) is 13.8 Å². The summed E-state index contributed by atoms with van der Waals surface area (Å²) in [5.41, 5.74) is 2.37. The monoisotopic (exact) mass is 395 g/mol. The minimum absolute atomic E-state index is 0.102. The summed E-state index contributed by atoms with van der Waals surface area (Å²) in [5, 5.41) is 0. The average Bonchev–Trinajstić information content (AvgIpc) is 2.96. The SMILES string of the molecule is Cc1ccc(C)c(SCC(=O)N(C2CCCCC2)[C@H]2CCS(=O)(=O)C2)c1. The van der Waals surface area contributed by atoms with Gasteiger partial charge in [-0.25, -0.2) is 8.42 Å². The maximum Gasteiger partial charge on any atom is 0.233 e. The van der Waals surface area contributed by atoms with E-state index in [1.165, 1.54) is 17.5 Å². The maximum absolute atomic E-state index is 13.1. The minimum Gasteiger partial charge on any atom is -0.335 e. The molecule has 144 valence electrons. The molecule has 0 bridgehead atoms. The smallest absolute Gasteiger partial charge is 0.233 e. The van der Waals surface area contributed by atoms with Crippen molar-refractivity contribution in [1.29, 1.82) is 0 Å². The highest BCUT2D eigenvalue weighted by Crippen LogP contribution is 2.30. The lowest BCUT2D eigenvalue weighted by Crippen LogP contribution is -2.49. The van der Waals surface area contributed by atoms with Crippen LogP contribution in [0.3, 0.4) is 0 Å². The number of rotatable bonds is 5. The summed E-state index contributed by atoms with van der Waals surface area (Å²) < 4.78 is 23.9. The summed E-state index contributed by atoms with van der Waals surface area (Å²) in [6, 6.07) is 6.38. The molecule has 0 radical (unpaired) electrons. The van der Waals surface area contributed by atoms with Crippen molar-refractivity contribution in [2.24, 2.45) is 0 Å². The van der Waals surface area contributed by atoms with Crippen molar-refractivity contribution < 1.29 is 13.2 Å². The number of benzene rings is 1. The molecule has 6 heteroatoms. The lowest BCUT2D eigenvalue weighted by atomic mass is 9.93. The molecule has 1 aromatic rings. The van der Waals surface area contributed by atoms with Crippen LogP contribution >= 0.6 is 11.8 Å². The van der Waals surface area contributed by atoms with E-state index in [4.69, 9.17) is 0 Å². The molecular formula is C20H29NO3S2. The van der Waals surface area contributed by atoms with E-state index in [1.807, 2.05) is 4.90 Å². The Hall–Kier alpha value is -1.01. The Morgan fingerprint density at radius 3 is 2.50 bits per heavy atom. The van der Waals surface area contributed by atoms with Gasteiger partial charge < -0.3 is 4.90 Å². The zero-order chi connectivity index (χ0) is 18.7. The van der Waals surface area contributed by atoms with Crippen LogP contribution in [0.2, 0.25) is 0 Å². The van der Waals surface area contributed by atoms with Crippen molar-refractivity contribution in [3.8, 4) is 0 Å². The van der Waals surface area contributed by atoms with Gasteiger partial charge in [-0.15, -0.1) is 11.8 Å². The highest BCUT2D eigenvalue weighted by Gasteiger charge is 2.38. The number of hydrogen-bond acceptors (Lipinski definition) is 4. The molecule has 1 aliphatic carbocycles. The van der Waals surface area contributed by atoms with Crippen molar-refractivity contribution in [1.82, 2.24) is 4.90 Å². The number of nitrogens with zero attached hydrogens (tertiary/aromatic N) is 1. The van der Waals surface area contributed by atoms with E-state index in [-0.39, 0.29) is 29.5 Å². The van der Waals surface area contributed by atoms with Crippen LogP contribution in [0.5, 0.6) is 0 Å².